The first-order valence-corrected chi connectivity index (χ1v) is 3.07. The summed E-state index contributed by atoms with van der Waals surface area (Å²) in [6.45, 7) is 3.45. The Kier molecular flexibility index (Phi) is 1.62. The second-order valence-corrected chi connectivity index (χ2v) is 2.37. The number of rotatable bonds is 0. The predicted molar refractivity (Wildman–Crippen MR) is 37.5 cm³/mol. The van der Waals surface area contributed by atoms with Crippen molar-refractivity contribution < 1.29 is 9.50 Å². The van der Waals surface area contributed by atoms with Crippen molar-refractivity contribution in [1.29, 1.82) is 0 Å². The molecule has 0 spiro atoms. The first-order chi connectivity index (χ1) is 4.61. The van der Waals surface area contributed by atoms with Gasteiger partial charge in [0, 0.05) is 6.07 Å². The van der Waals surface area contributed by atoms with Crippen LogP contribution in [0.2, 0.25) is 0 Å². The molecule has 0 aromatic heterocycles. The van der Waals surface area contributed by atoms with E-state index in [1.807, 2.05) is 0 Å². The third-order valence-corrected chi connectivity index (χ3v) is 1.59. The van der Waals surface area contributed by atoms with Crippen LogP contribution in [0.15, 0.2) is 12.1 Å². The van der Waals surface area contributed by atoms with E-state index in [1.165, 1.54) is 0 Å². The van der Waals surface area contributed by atoms with Gasteiger partial charge in [0.25, 0.3) is 0 Å². The van der Waals surface area contributed by atoms with Crippen LogP contribution in [0.4, 0.5) is 4.39 Å². The third-order valence-electron chi connectivity index (χ3n) is 1.59. The molecule has 0 amide bonds. The van der Waals surface area contributed by atoms with Crippen LogP contribution in [0, 0.1) is 19.7 Å². The summed E-state index contributed by atoms with van der Waals surface area (Å²) in [5.41, 5.74) is 1.37. The number of aromatic hydroxyl groups is 1. The van der Waals surface area contributed by atoms with Crippen LogP contribution in [-0.2, 0) is 0 Å². The maximum Gasteiger partial charge on any atom is 0.130 e. The van der Waals surface area contributed by atoms with Crippen molar-refractivity contribution in [3.8, 4) is 5.75 Å². The van der Waals surface area contributed by atoms with E-state index in [-0.39, 0.29) is 11.6 Å². The summed E-state index contributed by atoms with van der Waals surface area (Å²) >= 11 is 0. The Balaban J connectivity index is 3.31. The molecule has 1 N–H and O–H groups in total. The summed E-state index contributed by atoms with van der Waals surface area (Å²) in [5, 5.41) is 8.88. The van der Waals surface area contributed by atoms with Crippen molar-refractivity contribution in [1.82, 2.24) is 0 Å². The smallest absolute Gasteiger partial charge is 0.130 e. The van der Waals surface area contributed by atoms with Crippen molar-refractivity contribution in [2.75, 3.05) is 0 Å². The Bertz CT molecular complexity index is 232. The van der Waals surface area contributed by atoms with Gasteiger partial charge in [0.2, 0.25) is 0 Å². The van der Waals surface area contributed by atoms with Crippen molar-refractivity contribution in [3.63, 3.8) is 0 Å². The van der Waals surface area contributed by atoms with Crippen LogP contribution in [0.5, 0.6) is 5.75 Å². The van der Waals surface area contributed by atoms with Crippen LogP contribution in [0.1, 0.15) is 11.1 Å². The van der Waals surface area contributed by atoms with Gasteiger partial charge in [0.05, 0.1) is 0 Å². The highest BCUT2D eigenvalue weighted by molar-refractivity contribution is 5.34. The second-order valence-electron chi connectivity index (χ2n) is 2.37. The molecule has 0 saturated carbocycles. The Morgan fingerprint density at radius 1 is 1.30 bits per heavy atom. The van der Waals surface area contributed by atoms with Gasteiger partial charge in [0.15, 0.2) is 0 Å². The number of aryl methyl sites for hydroxylation is 1. The average molecular weight is 140 g/mol. The molecule has 0 saturated heterocycles. The van der Waals surface area contributed by atoms with Gasteiger partial charge in [-0.1, -0.05) is 0 Å². The Morgan fingerprint density at radius 2 is 1.90 bits per heavy atom. The van der Waals surface area contributed by atoms with Crippen molar-refractivity contribution in [2.24, 2.45) is 0 Å². The summed E-state index contributed by atoms with van der Waals surface area (Å²) < 4.78 is 12.7. The molecule has 0 fully saturated rings. The molecule has 54 valence electrons. The molecule has 0 aliphatic heterocycles. The molecule has 1 rings (SSSR count). The van der Waals surface area contributed by atoms with E-state index < -0.39 is 0 Å². The van der Waals surface area contributed by atoms with E-state index in [0.717, 1.165) is 11.6 Å². The van der Waals surface area contributed by atoms with Crippen molar-refractivity contribution in [2.45, 2.75) is 13.8 Å². The molecule has 1 nitrogen and oxygen atoms in total. The minimum absolute atomic E-state index is 0.0133. The lowest BCUT2D eigenvalue weighted by Gasteiger charge is -2.00. The maximum absolute atomic E-state index is 12.7. The van der Waals surface area contributed by atoms with Gasteiger partial charge in [-0.3, -0.25) is 0 Å². The maximum atomic E-state index is 12.7. The first kappa shape index (κ1) is 7.06. The van der Waals surface area contributed by atoms with Gasteiger partial charge < -0.3 is 5.11 Å². The normalized spacial score (nSPS) is 9.90. The van der Waals surface area contributed by atoms with E-state index in [2.05, 4.69) is 0 Å². The van der Waals surface area contributed by atoms with Crippen LogP contribution in [0.25, 0.3) is 0 Å². The Morgan fingerprint density at radius 3 is 2.40 bits per heavy atom. The highest BCUT2D eigenvalue weighted by atomic mass is 19.1. The molecule has 0 aliphatic carbocycles. The van der Waals surface area contributed by atoms with Crippen molar-refractivity contribution >= 4 is 0 Å². The van der Waals surface area contributed by atoms with E-state index in [1.54, 1.807) is 19.9 Å². The van der Waals surface area contributed by atoms with Gasteiger partial charge in [-0.25, -0.2) is 4.39 Å². The molecule has 0 unspecified atom stereocenters. The Labute approximate surface area is 59.1 Å². The zero-order valence-electron chi connectivity index (χ0n) is 5.98. The average Bonchev–Trinajstić information content (AvgIpc) is 1.82. The number of phenolic OH excluding ortho intramolecular Hbond substituents is 1. The van der Waals surface area contributed by atoms with Gasteiger partial charge in [-0.15, -0.1) is 0 Å². The van der Waals surface area contributed by atoms with E-state index in [9.17, 15) is 4.39 Å². The molecule has 1 aromatic rings. The predicted octanol–water partition coefficient (Wildman–Crippen LogP) is 2.15. The van der Waals surface area contributed by atoms with Crippen LogP contribution in [-0.4, -0.2) is 5.11 Å². The molecule has 2 heteroatoms. The van der Waals surface area contributed by atoms with Crippen LogP contribution >= 0.6 is 0 Å². The highest BCUT2D eigenvalue weighted by Gasteiger charge is 2.01. The lowest BCUT2D eigenvalue weighted by Crippen LogP contribution is -1.85. The molecule has 0 heterocycles. The summed E-state index contributed by atoms with van der Waals surface area (Å²) in [6.07, 6.45) is 0. The fraction of sp³-hybridized carbons (Fsp3) is 0.250. The van der Waals surface area contributed by atoms with Gasteiger partial charge in [-0.2, -0.15) is 0 Å². The SMILES string of the molecule is Cc1cc(O)cc(F)c1C. The zero-order chi connectivity index (χ0) is 7.72. The Hall–Kier alpha value is -1.05. The second kappa shape index (κ2) is 2.29. The molecule has 0 atom stereocenters. The largest absolute Gasteiger partial charge is 0.508 e. The fourth-order valence-electron chi connectivity index (χ4n) is 0.798. The minimum Gasteiger partial charge on any atom is -0.508 e. The molecule has 1 aromatic carbocycles. The molecule has 10 heavy (non-hydrogen) atoms. The lowest BCUT2D eigenvalue weighted by molar-refractivity contribution is 0.467. The fourth-order valence-corrected chi connectivity index (χ4v) is 0.798. The molecule has 0 radical (unpaired) electrons. The zero-order valence-corrected chi connectivity index (χ0v) is 5.98. The number of phenols is 1. The lowest BCUT2D eigenvalue weighted by atomic mass is 10.1. The van der Waals surface area contributed by atoms with E-state index >= 15 is 0 Å². The highest BCUT2D eigenvalue weighted by Crippen LogP contribution is 2.18. The number of benzene rings is 1. The number of halogens is 1. The van der Waals surface area contributed by atoms with Gasteiger partial charge in [-0.05, 0) is 31.0 Å². The van der Waals surface area contributed by atoms with Crippen molar-refractivity contribution in [3.05, 3.63) is 29.1 Å². The number of hydrogen-bond donors (Lipinski definition) is 1. The number of hydrogen-bond acceptors (Lipinski definition) is 1. The minimum atomic E-state index is -0.350. The third kappa shape index (κ3) is 1.10. The summed E-state index contributed by atoms with van der Waals surface area (Å²) in [6, 6.07) is 2.65. The quantitative estimate of drug-likeness (QED) is 0.585. The first-order valence-electron chi connectivity index (χ1n) is 3.07. The molecule has 0 bridgehead atoms. The molecule has 0 aliphatic rings. The standard InChI is InChI=1S/C8H9FO/c1-5-3-7(10)4-8(9)6(5)2/h3-4,10H,1-2H3. The summed E-state index contributed by atoms with van der Waals surface area (Å²) in [5.74, 6) is -0.363. The molecular formula is C8H9FO. The summed E-state index contributed by atoms with van der Waals surface area (Å²) in [7, 11) is 0. The van der Waals surface area contributed by atoms with Gasteiger partial charge >= 0.3 is 0 Å². The van der Waals surface area contributed by atoms with E-state index in [0.29, 0.717) is 5.56 Å². The monoisotopic (exact) mass is 140 g/mol. The van der Waals surface area contributed by atoms with Gasteiger partial charge in [0.1, 0.15) is 11.6 Å². The topological polar surface area (TPSA) is 20.2 Å². The van der Waals surface area contributed by atoms with Crippen LogP contribution in [0.3, 0.4) is 0 Å². The molecular weight excluding hydrogens is 131 g/mol. The summed E-state index contributed by atoms with van der Waals surface area (Å²) in [4.78, 5) is 0. The van der Waals surface area contributed by atoms with Crippen LogP contribution < -0.4 is 0 Å². The van der Waals surface area contributed by atoms with E-state index in [4.69, 9.17) is 5.11 Å².